The van der Waals surface area contributed by atoms with Gasteiger partial charge in [0.2, 0.25) is 0 Å². The SMILES string of the molecule is CS(=O)(=O)c1ccc(CN2C(=O)COc3ccc(C(=O)NO)cc32)c(Cl)c1. The fourth-order valence-electron chi connectivity index (χ4n) is 2.64. The second kappa shape index (κ2) is 7.18. The molecule has 3 rings (SSSR count). The zero-order chi connectivity index (χ0) is 19.8. The third-order valence-electron chi connectivity index (χ3n) is 4.05. The molecule has 0 bridgehead atoms. The molecule has 0 unspecified atom stereocenters. The van der Waals surface area contributed by atoms with Gasteiger partial charge in [-0.2, -0.15) is 0 Å². The van der Waals surface area contributed by atoms with Crippen LogP contribution in [0, 0.1) is 0 Å². The van der Waals surface area contributed by atoms with Gasteiger partial charge in [0.1, 0.15) is 5.75 Å². The van der Waals surface area contributed by atoms with Gasteiger partial charge in [-0.25, -0.2) is 13.9 Å². The number of hydrogen-bond acceptors (Lipinski definition) is 6. The second-order valence-electron chi connectivity index (χ2n) is 5.92. The van der Waals surface area contributed by atoms with Crippen molar-refractivity contribution in [3.63, 3.8) is 0 Å². The Kier molecular flexibility index (Phi) is 5.09. The van der Waals surface area contributed by atoms with Crippen LogP contribution in [0.15, 0.2) is 41.3 Å². The Bertz CT molecular complexity index is 1040. The summed E-state index contributed by atoms with van der Waals surface area (Å²) in [6, 6.07) is 8.66. The molecule has 8 nitrogen and oxygen atoms in total. The molecule has 27 heavy (non-hydrogen) atoms. The molecule has 0 aromatic heterocycles. The van der Waals surface area contributed by atoms with Crippen molar-refractivity contribution >= 4 is 38.9 Å². The standard InChI is InChI=1S/C17H15ClN2O6S/c1-27(24,25)12-4-2-11(13(18)7-12)8-20-14-6-10(17(22)19-23)3-5-15(14)26-9-16(20)21/h2-7,23H,8-9H2,1H3,(H,19,22). The monoisotopic (exact) mass is 410 g/mol. The van der Waals surface area contributed by atoms with E-state index in [-0.39, 0.29) is 34.5 Å². The van der Waals surface area contributed by atoms with Crippen molar-refractivity contribution in [2.75, 3.05) is 17.8 Å². The molecule has 10 heteroatoms. The van der Waals surface area contributed by atoms with Gasteiger partial charge in [-0.15, -0.1) is 0 Å². The van der Waals surface area contributed by atoms with E-state index in [9.17, 15) is 18.0 Å². The first kappa shape index (κ1) is 19.2. The summed E-state index contributed by atoms with van der Waals surface area (Å²) in [7, 11) is -3.41. The Labute approximate surface area is 160 Å². The number of carbonyl (C=O) groups is 2. The molecule has 142 valence electrons. The summed E-state index contributed by atoms with van der Waals surface area (Å²) in [5, 5.41) is 8.99. The number of nitrogens with zero attached hydrogens (tertiary/aromatic N) is 1. The predicted molar refractivity (Wildman–Crippen MR) is 96.9 cm³/mol. The lowest BCUT2D eigenvalue weighted by Gasteiger charge is -2.30. The van der Waals surface area contributed by atoms with Crippen LogP contribution in [-0.2, 0) is 21.2 Å². The maximum absolute atomic E-state index is 12.4. The Morgan fingerprint density at radius 1 is 1.30 bits per heavy atom. The topological polar surface area (TPSA) is 113 Å². The summed E-state index contributed by atoms with van der Waals surface area (Å²) in [6.07, 6.45) is 1.08. The van der Waals surface area contributed by atoms with Crippen molar-refractivity contribution in [2.24, 2.45) is 0 Å². The smallest absolute Gasteiger partial charge is 0.274 e. The van der Waals surface area contributed by atoms with Crippen LogP contribution in [0.3, 0.4) is 0 Å². The van der Waals surface area contributed by atoms with Crippen molar-refractivity contribution < 1.29 is 28.0 Å². The highest BCUT2D eigenvalue weighted by molar-refractivity contribution is 7.90. The average molecular weight is 411 g/mol. The van der Waals surface area contributed by atoms with Gasteiger partial charge in [-0.3, -0.25) is 14.8 Å². The van der Waals surface area contributed by atoms with Crippen LogP contribution in [0.25, 0.3) is 0 Å². The molecule has 0 radical (unpaired) electrons. The Morgan fingerprint density at radius 2 is 2.04 bits per heavy atom. The van der Waals surface area contributed by atoms with Crippen LogP contribution < -0.4 is 15.1 Å². The number of hydrogen-bond donors (Lipinski definition) is 2. The fourth-order valence-corrected chi connectivity index (χ4v) is 3.59. The highest BCUT2D eigenvalue weighted by Crippen LogP contribution is 2.35. The molecule has 1 aliphatic heterocycles. The number of rotatable bonds is 4. The zero-order valence-electron chi connectivity index (χ0n) is 14.1. The van der Waals surface area contributed by atoms with Crippen molar-refractivity contribution in [3.8, 4) is 5.75 Å². The van der Waals surface area contributed by atoms with Crippen LogP contribution in [0.4, 0.5) is 5.69 Å². The van der Waals surface area contributed by atoms with Crippen LogP contribution in [0.2, 0.25) is 5.02 Å². The van der Waals surface area contributed by atoms with E-state index in [1.165, 1.54) is 46.8 Å². The van der Waals surface area contributed by atoms with Crippen LogP contribution >= 0.6 is 11.6 Å². The third kappa shape index (κ3) is 3.90. The lowest BCUT2D eigenvalue weighted by molar-refractivity contribution is -0.121. The van der Waals surface area contributed by atoms with E-state index in [1.807, 2.05) is 0 Å². The molecule has 2 N–H and O–H groups in total. The number of hydroxylamine groups is 1. The van der Waals surface area contributed by atoms with E-state index in [1.54, 1.807) is 0 Å². The van der Waals surface area contributed by atoms with Crippen LogP contribution in [-0.4, -0.2) is 38.3 Å². The first-order valence-electron chi connectivity index (χ1n) is 7.71. The van der Waals surface area contributed by atoms with Gasteiger partial charge in [0.25, 0.3) is 11.8 Å². The van der Waals surface area contributed by atoms with Gasteiger partial charge in [0, 0.05) is 16.8 Å². The summed E-state index contributed by atoms with van der Waals surface area (Å²) in [5.41, 5.74) is 2.54. The van der Waals surface area contributed by atoms with Gasteiger partial charge in [-0.05, 0) is 35.9 Å². The Balaban J connectivity index is 1.98. The van der Waals surface area contributed by atoms with Gasteiger partial charge in [-0.1, -0.05) is 17.7 Å². The van der Waals surface area contributed by atoms with Crippen molar-refractivity contribution in [2.45, 2.75) is 11.4 Å². The van der Waals surface area contributed by atoms with E-state index < -0.39 is 15.7 Å². The van der Waals surface area contributed by atoms with E-state index in [2.05, 4.69) is 0 Å². The van der Waals surface area contributed by atoms with Gasteiger partial charge < -0.3 is 9.64 Å². The number of halogens is 1. The minimum Gasteiger partial charge on any atom is -0.482 e. The predicted octanol–water partition coefficient (Wildman–Crippen LogP) is 1.79. The number of amides is 2. The Hall–Kier alpha value is -2.62. The number of carbonyl (C=O) groups excluding carboxylic acids is 2. The number of nitrogens with one attached hydrogen (secondary N) is 1. The largest absolute Gasteiger partial charge is 0.482 e. The maximum Gasteiger partial charge on any atom is 0.274 e. The summed E-state index contributed by atoms with van der Waals surface area (Å²) < 4.78 is 28.6. The molecule has 2 aromatic rings. The molecule has 0 spiro atoms. The molecule has 0 aliphatic carbocycles. The first-order chi connectivity index (χ1) is 12.7. The van der Waals surface area contributed by atoms with Crippen molar-refractivity contribution in [1.29, 1.82) is 0 Å². The van der Waals surface area contributed by atoms with Crippen LogP contribution in [0.5, 0.6) is 5.75 Å². The van der Waals surface area contributed by atoms with Crippen molar-refractivity contribution in [1.82, 2.24) is 5.48 Å². The number of anilines is 1. The lowest BCUT2D eigenvalue weighted by Crippen LogP contribution is -2.38. The van der Waals surface area contributed by atoms with E-state index in [4.69, 9.17) is 21.5 Å². The van der Waals surface area contributed by atoms with E-state index in [0.717, 1.165) is 6.26 Å². The first-order valence-corrected chi connectivity index (χ1v) is 9.98. The normalized spacial score (nSPS) is 13.7. The second-order valence-corrected chi connectivity index (χ2v) is 8.34. The molecule has 1 heterocycles. The number of fused-ring (bicyclic) bond motifs is 1. The third-order valence-corrected chi connectivity index (χ3v) is 5.51. The number of sulfone groups is 1. The molecule has 0 saturated carbocycles. The van der Waals surface area contributed by atoms with Crippen molar-refractivity contribution in [3.05, 3.63) is 52.5 Å². The van der Waals surface area contributed by atoms with Gasteiger partial charge in [0.05, 0.1) is 17.1 Å². The van der Waals surface area contributed by atoms with Crippen LogP contribution in [0.1, 0.15) is 15.9 Å². The summed E-state index contributed by atoms with van der Waals surface area (Å²) >= 11 is 6.20. The lowest BCUT2D eigenvalue weighted by atomic mass is 10.1. The molecule has 1 aliphatic rings. The Morgan fingerprint density at radius 3 is 2.67 bits per heavy atom. The molecule has 0 atom stereocenters. The fraction of sp³-hybridized carbons (Fsp3) is 0.176. The molecule has 0 saturated heterocycles. The van der Waals surface area contributed by atoms with Gasteiger partial charge >= 0.3 is 0 Å². The minimum atomic E-state index is -3.41. The van der Waals surface area contributed by atoms with E-state index in [0.29, 0.717) is 17.0 Å². The number of ether oxygens (including phenoxy) is 1. The number of benzene rings is 2. The zero-order valence-corrected chi connectivity index (χ0v) is 15.7. The molecule has 2 amide bonds. The summed E-state index contributed by atoms with van der Waals surface area (Å²) in [6.45, 7) is -0.125. The minimum absolute atomic E-state index is 0.0578. The molecule has 2 aromatic carbocycles. The average Bonchev–Trinajstić information content (AvgIpc) is 2.63. The molecular weight excluding hydrogens is 396 g/mol. The summed E-state index contributed by atoms with van der Waals surface area (Å²) in [4.78, 5) is 25.5. The quantitative estimate of drug-likeness (QED) is 0.587. The summed E-state index contributed by atoms with van der Waals surface area (Å²) in [5.74, 6) is -0.688. The highest BCUT2D eigenvalue weighted by Gasteiger charge is 2.27. The van der Waals surface area contributed by atoms with Gasteiger partial charge in [0.15, 0.2) is 16.4 Å². The molecule has 0 fully saturated rings. The highest BCUT2D eigenvalue weighted by atomic mass is 35.5. The van der Waals surface area contributed by atoms with E-state index >= 15 is 0 Å². The molecular formula is C17H15ClN2O6S. The maximum atomic E-state index is 12.4.